The molecule has 0 aromatic carbocycles. The van der Waals surface area contributed by atoms with E-state index in [2.05, 4.69) is 5.32 Å². The van der Waals surface area contributed by atoms with E-state index in [0.29, 0.717) is 6.42 Å². The SMILES string of the molecule is CC(=O)OCC1CC(OC(C)=O)CC(OC(=O)NCCO)O1. The third-order valence-corrected chi connectivity index (χ3v) is 2.75. The van der Waals surface area contributed by atoms with E-state index in [1.165, 1.54) is 13.8 Å². The molecule has 1 aliphatic heterocycles. The number of ether oxygens (including phenoxy) is 4. The number of alkyl carbamates (subject to hydrolysis) is 1. The number of amides is 1. The number of esters is 2. The summed E-state index contributed by atoms with van der Waals surface area (Å²) < 4.78 is 20.5. The van der Waals surface area contributed by atoms with E-state index in [1.54, 1.807) is 0 Å². The predicted molar refractivity (Wildman–Crippen MR) is 71.7 cm³/mol. The molecule has 1 aliphatic rings. The third kappa shape index (κ3) is 7.23. The van der Waals surface area contributed by atoms with Crippen LogP contribution in [-0.2, 0) is 28.5 Å². The summed E-state index contributed by atoms with van der Waals surface area (Å²) in [6.07, 6.45) is -2.21. The average molecular weight is 319 g/mol. The number of hydrogen-bond acceptors (Lipinski definition) is 8. The smallest absolute Gasteiger partial charge is 0.409 e. The van der Waals surface area contributed by atoms with E-state index in [9.17, 15) is 14.4 Å². The highest BCUT2D eigenvalue weighted by atomic mass is 16.7. The fourth-order valence-electron chi connectivity index (χ4n) is 1.97. The van der Waals surface area contributed by atoms with Crippen molar-refractivity contribution in [2.75, 3.05) is 19.8 Å². The maximum atomic E-state index is 11.5. The van der Waals surface area contributed by atoms with Crippen molar-refractivity contribution in [3.63, 3.8) is 0 Å². The minimum Gasteiger partial charge on any atom is -0.463 e. The van der Waals surface area contributed by atoms with Crippen LogP contribution >= 0.6 is 0 Å². The van der Waals surface area contributed by atoms with E-state index >= 15 is 0 Å². The van der Waals surface area contributed by atoms with Crippen molar-refractivity contribution in [3.05, 3.63) is 0 Å². The second kappa shape index (κ2) is 9.21. The Morgan fingerprint density at radius 2 is 1.91 bits per heavy atom. The van der Waals surface area contributed by atoms with Crippen LogP contribution in [0, 0.1) is 0 Å². The van der Waals surface area contributed by atoms with Gasteiger partial charge in [-0.3, -0.25) is 9.59 Å². The first-order valence-electron chi connectivity index (χ1n) is 6.92. The number of rotatable bonds is 6. The lowest BCUT2D eigenvalue weighted by Gasteiger charge is -2.33. The quantitative estimate of drug-likeness (QED) is 0.506. The molecule has 1 fully saturated rings. The molecule has 0 radical (unpaired) electrons. The van der Waals surface area contributed by atoms with Crippen molar-refractivity contribution in [1.29, 1.82) is 0 Å². The van der Waals surface area contributed by atoms with Crippen molar-refractivity contribution >= 4 is 18.0 Å². The molecule has 2 N–H and O–H groups in total. The van der Waals surface area contributed by atoms with Gasteiger partial charge in [-0.1, -0.05) is 0 Å². The molecule has 9 heteroatoms. The Hall–Kier alpha value is -1.87. The molecule has 3 atom stereocenters. The third-order valence-electron chi connectivity index (χ3n) is 2.75. The first-order valence-corrected chi connectivity index (χ1v) is 6.92. The number of hydrogen-bond donors (Lipinski definition) is 2. The number of carbonyl (C=O) groups excluding carboxylic acids is 3. The summed E-state index contributed by atoms with van der Waals surface area (Å²) in [7, 11) is 0. The van der Waals surface area contributed by atoms with Gasteiger partial charge in [0.1, 0.15) is 12.7 Å². The zero-order valence-corrected chi connectivity index (χ0v) is 12.6. The van der Waals surface area contributed by atoms with Crippen molar-refractivity contribution in [3.8, 4) is 0 Å². The van der Waals surface area contributed by atoms with Crippen LogP contribution < -0.4 is 5.32 Å². The Kier molecular flexibility index (Phi) is 7.61. The van der Waals surface area contributed by atoms with Gasteiger partial charge < -0.3 is 29.4 Å². The summed E-state index contributed by atoms with van der Waals surface area (Å²) in [6, 6.07) is 0. The van der Waals surface area contributed by atoms with Crippen molar-refractivity contribution < 1.29 is 38.4 Å². The number of carbonyl (C=O) groups is 3. The molecule has 0 aromatic rings. The monoisotopic (exact) mass is 319 g/mol. The lowest BCUT2D eigenvalue weighted by atomic mass is 10.1. The molecular formula is C13H21NO8. The van der Waals surface area contributed by atoms with E-state index < -0.39 is 36.5 Å². The van der Waals surface area contributed by atoms with E-state index in [1.807, 2.05) is 0 Å². The second-order valence-electron chi connectivity index (χ2n) is 4.75. The molecule has 1 heterocycles. The minimum absolute atomic E-state index is 0.0226. The van der Waals surface area contributed by atoms with Gasteiger partial charge in [0.15, 0.2) is 0 Å². The van der Waals surface area contributed by atoms with Crippen LogP contribution in [0.15, 0.2) is 0 Å². The molecule has 1 saturated heterocycles. The normalized spacial score (nSPS) is 24.2. The van der Waals surface area contributed by atoms with E-state index in [0.717, 1.165) is 0 Å². The van der Waals surface area contributed by atoms with E-state index in [-0.39, 0.29) is 26.2 Å². The van der Waals surface area contributed by atoms with Gasteiger partial charge >= 0.3 is 18.0 Å². The summed E-state index contributed by atoms with van der Waals surface area (Å²) in [5.41, 5.74) is 0. The highest BCUT2D eigenvalue weighted by Gasteiger charge is 2.34. The van der Waals surface area contributed by atoms with Crippen molar-refractivity contribution in [2.45, 2.75) is 45.2 Å². The molecular weight excluding hydrogens is 298 g/mol. The number of aliphatic hydroxyl groups is 1. The Balaban J connectivity index is 2.55. The molecule has 22 heavy (non-hydrogen) atoms. The van der Waals surface area contributed by atoms with Crippen LogP contribution in [0.3, 0.4) is 0 Å². The van der Waals surface area contributed by atoms with Crippen molar-refractivity contribution in [2.24, 2.45) is 0 Å². The Bertz CT molecular complexity index is 400. The van der Waals surface area contributed by atoms with Crippen LogP contribution in [0.25, 0.3) is 0 Å². The standard InChI is InChI=1S/C13H21NO8/c1-8(16)19-7-11-5-10(20-9(2)17)6-12(21-11)22-13(18)14-3-4-15/h10-12,15H,3-7H2,1-2H3,(H,14,18). The molecule has 0 saturated carbocycles. The zero-order chi connectivity index (χ0) is 16.5. The Labute approximate surface area is 127 Å². The average Bonchev–Trinajstić information content (AvgIpc) is 2.42. The predicted octanol–water partition coefficient (Wildman–Crippen LogP) is -0.295. The lowest BCUT2D eigenvalue weighted by Crippen LogP contribution is -2.43. The molecule has 1 amide bonds. The summed E-state index contributed by atoms with van der Waals surface area (Å²) >= 11 is 0. The topological polar surface area (TPSA) is 120 Å². The van der Waals surface area contributed by atoms with Gasteiger partial charge in [0.05, 0.1) is 12.7 Å². The first-order chi connectivity index (χ1) is 10.4. The maximum Gasteiger partial charge on any atom is 0.409 e. The number of nitrogens with one attached hydrogen (secondary N) is 1. The zero-order valence-electron chi connectivity index (χ0n) is 12.6. The van der Waals surface area contributed by atoms with Gasteiger partial charge in [-0.25, -0.2) is 4.79 Å². The van der Waals surface area contributed by atoms with Crippen molar-refractivity contribution in [1.82, 2.24) is 5.32 Å². The highest BCUT2D eigenvalue weighted by Crippen LogP contribution is 2.23. The molecule has 0 bridgehead atoms. The van der Waals surface area contributed by atoms with Crippen LogP contribution in [0.1, 0.15) is 26.7 Å². The molecule has 126 valence electrons. The van der Waals surface area contributed by atoms with Gasteiger partial charge in [-0.05, 0) is 0 Å². The Morgan fingerprint density at radius 3 is 2.50 bits per heavy atom. The van der Waals surface area contributed by atoms with Gasteiger partial charge in [-0.15, -0.1) is 0 Å². The highest BCUT2D eigenvalue weighted by molar-refractivity contribution is 5.67. The first kappa shape index (κ1) is 18.2. The molecule has 0 spiro atoms. The summed E-state index contributed by atoms with van der Waals surface area (Å²) in [5, 5.41) is 10.9. The fourth-order valence-corrected chi connectivity index (χ4v) is 1.97. The minimum atomic E-state index is -0.933. The van der Waals surface area contributed by atoms with Crippen LogP contribution in [0.2, 0.25) is 0 Å². The molecule has 0 aromatic heterocycles. The number of aliphatic hydroxyl groups excluding tert-OH is 1. The summed E-state index contributed by atoms with van der Waals surface area (Å²) in [5.74, 6) is -0.919. The lowest BCUT2D eigenvalue weighted by molar-refractivity contribution is -0.209. The molecule has 9 nitrogen and oxygen atoms in total. The second-order valence-corrected chi connectivity index (χ2v) is 4.75. The Morgan fingerprint density at radius 1 is 1.18 bits per heavy atom. The van der Waals surface area contributed by atoms with Gasteiger partial charge in [0.25, 0.3) is 0 Å². The van der Waals surface area contributed by atoms with Gasteiger partial charge in [0, 0.05) is 33.2 Å². The van der Waals surface area contributed by atoms with Crippen LogP contribution in [0.5, 0.6) is 0 Å². The molecule has 1 rings (SSSR count). The van der Waals surface area contributed by atoms with Crippen LogP contribution in [-0.4, -0.2) is 61.4 Å². The van der Waals surface area contributed by atoms with E-state index in [4.69, 9.17) is 24.1 Å². The largest absolute Gasteiger partial charge is 0.463 e. The molecule has 3 unspecified atom stereocenters. The maximum absolute atomic E-state index is 11.5. The summed E-state index contributed by atoms with van der Waals surface area (Å²) in [4.78, 5) is 33.4. The van der Waals surface area contributed by atoms with Gasteiger partial charge in [0.2, 0.25) is 6.29 Å². The molecule has 0 aliphatic carbocycles. The van der Waals surface area contributed by atoms with Gasteiger partial charge in [-0.2, -0.15) is 0 Å². The fraction of sp³-hybridized carbons (Fsp3) is 0.769. The van der Waals surface area contributed by atoms with Crippen LogP contribution in [0.4, 0.5) is 4.79 Å². The summed E-state index contributed by atoms with van der Waals surface area (Å²) in [6.45, 7) is 2.36.